The van der Waals surface area contributed by atoms with Gasteiger partial charge in [0.25, 0.3) is 0 Å². The van der Waals surface area contributed by atoms with Gasteiger partial charge in [0, 0.05) is 6.61 Å². The van der Waals surface area contributed by atoms with Gasteiger partial charge in [0.1, 0.15) is 5.60 Å². The fourth-order valence-corrected chi connectivity index (χ4v) is 0.755. The van der Waals surface area contributed by atoms with Crippen molar-refractivity contribution in [3.8, 4) is 12.3 Å². The van der Waals surface area contributed by atoms with E-state index in [0.717, 1.165) is 0 Å². The van der Waals surface area contributed by atoms with Gasteiger partial charge >= 0.3 is 0 Å². The van der Waals surface area contributed by atoms with Gasteiger partial charge in [0.15, 0.2) is 6.29 Å². The van der Waals surface area contributed by atoms with Crippen LogP contribution in [0.25, 0.3) is 0 Å². The van der Waals surface area contributed by atoms with E-state index in [2.05, 4.69) is 12.5 Å². The highest BCUT2D eigenvalue weighted by atomic mass is 16.7. The molecule has 0 radical (unpaired) electrons. The third-order valence-electron chi connectivity index (χ3n) is 1.49. The monoisotopic (exact) mass is 168 g/mol. The molecule has 0 spiro atoms. The van der Waals surface area contributed by atoms with Crippen LogP contribution >= 0.6 is 0 Å². The molecule has 2 atom stereocenters. The van der Waals surface area contributed by atoms with E-state index in [4.69, 9.17) is 15.9 Å². The first kappa shape index (κ1) is 11.2. The van der Waals surface area contributed by atoms with Gasteiger partial charge in [0.05, 0.1) is 0 Å². The lowest BCUT2D eigenvalue weighted by Gasteiger charge is -2.24. The van der Waals surface area contributed by atoms with Crippen molar-refractivity contribution >= 4 is 0 Å². The van der Waals surface area contributed by atoms with Crippen LogP contribution in [0.1, 0.15) is 20.8 Å². The maximum atomic E-state index is 5.40. The average Bonchev–Trinajstić information content (AvgIpc) is 2.05. The van der Waals surface area contributed by atoms with E-state index in [1.54, 1.807) is 13.0 Å². The van der Waals surface area contributed by atoms with Gasteiger partial charge in [-0.3, -0.25) is 0 Å². The number of hydrogen-bond donors (Lipinski definition) is 0. The van der Waals surface area contributed by atoms with Crippen LogP contribution in [-0.4, -0.2) is 18.5 Å². The largest absolute Gasteiger partial charge is 0.353 e. The first-order chi connectivity index (χ1) is 5.58. The van der Waals surface area contributed by atoms with Crippen LogP contribution in [0.3, 0.4) is 0 Å². The predicted molar refractivity (Wildman–Crippen MR) is 49.6 cm³/mol. The second kappa shape index (κ2) is 4.97. The minimum atomic E-state index is -0.728. The Balaban J connectivity index is 4.04. The summed E-state index contributed by atoms with van der Waals surface area (Å²) in [5, 5.41) is 0. The van der Waals surface area contributed by atoms with E-state index in [9.17, 15) is 0 Å². The summed E-state index contributed by atoms with van der Waals surface area (Å²) in [5.41, 5.74) is -0.728. The first-order valence-corrected chi connectivity index (χ1v) is 3.98. The van der Waals surface area contributed by atoms with E-state index < -0.39 is 5.60 Å². The molecule has 0 amide bonds. The zero-order valence-corrected chi connectivity index (χ0v) is 7.96. The maximum absolute atomic E-state index is 5.40. The summed E-state index contributed by atoms with van der Waals surface area (Å²) in [6.45, 7) is 9.69. The summed E-state index contributed by atoms with van der Waals surface area (Å²) in [7, 11) is 0. The van der Waals surface area contributed by atoms with Crippen molar-refractivity contribution in [1.82, 2.24) is 0 Å². The first-order valence-electron chi connectivity index (χ1n) is 3.98. The third-order valence-corrected chi connectivity index (χ3v) is 1.49. The molecule has 0 aliphatic heterocycles. The number of terminal acetylenes is 1. The zero-order chi connectivity index (χ0) is 9.61. The summed E-state index contributed by atoms with van der Waals surface area (Å²) in [6.07, 6.45) is 6.55. The smallest absolute Gasteiger partial charge is 0.157 e. The van der Waals surface area contributed by atoms with Crippen molar-refractivity contribution in [3.63, 3.8) is 0 Å². The maximum Gasteiger partial charge on any atom is 0.157 e. The molecule has 0 aliphatic rings. The molecule has 2 heteroatoms. The molecule has 0 saturated carbocycles. The van der Waals surface area contributed by atoms with Crippen molar-refractivity contribution in [2.75, 3.05) is 6.61 Å². The lowest BCUT2D eigenvalue weighted by atomic mass is 10.1. The molecule has 0 bridgehead atoms. The highest BCUT2D eigenvalue weighted by Crippen LogP contribution is 2.13. The highest BCUT2D eigenvalue weighted by Gasteiger charge is 2.20. The molecule has 0 aromatic rings. The van der Waals surface area contributed by atoms with Gasteiger partial charge < -0.3 is 9.47 Å². The molecular formula is C10H16O2. The molecule has 1 unspecified atom stereocenters. The zero-order valence-electron chi connectivity index (χ0n) is 7.96. The van der Waals surface area contributed by atoms with E-state index in [0.29, 0.717) is 6.61 Å². The lowest BCUT2D eigenvalue weighted by Crippen LogP contribution is -2.30. The molecule has 0 aromatic heterocycles. The number of ether oxygens (including phenoxy) is 2. The molecule has 0 aromatic carbocycles. The van der Waals surface area contributed by atoms with Crippen molar-refractivity contribution in [2.45, 2.75) is 32.7 Å². The van der Waals surface area contributed by atoms with Crippen molar-refractivity contribution in [1.29, 1.82) is 0 Å². The van der Waals surface area contributed by atoms with Crippen molar-refractivity contribution in [3.05, 3.63) is 12.7 Å². The minimum Gasteiger partial charge on any atom is -0.353 e. The van der Waals surface area contributed by atoms with Crippen LogP contribution in [0.2, 0.25) is 0 Å². The van der Waals surface area contributed by atoms with Gasteiger partial charge in [-0.05, 0) is 26.8 Å². The molecule has 68 valence electrons. The molecule has 0 fully saturated rings. The molecule has 2 nitrogen and oxygen atoms in total. The number of hydrogen-bond acceptors (Lipinski definition) is 2. The minimum absolute atomic E-state index is 0.297. The fraction of sp³-hybridized carbons (Fsp3) is 0.600. The van der Waals surface area contributed by atoms with Gasteiger partial charge in [-0.25, -0.2) is 0 Å². The van der Waals surface area contributed by atoms with Crippen LogP contribution in [0, 0.1) is 12.3 Å². The standard InChI is InChI=1S/C10H16O2/c1-6-10(5,7-2)12-9(4)11-8-3/h1,7,9H,2,8H2,3-5H3/t9?,10-/m0/s1. The van der Waals surface area contributed by atoms with E-state index in [-0.39, 0.29) is 6.29 Å². The fourth-order valence-electron chi connectivity index (χ4n) is 0.755. The molecule has 0 aliphatic carbocycles. The SMILES string of the molecule is C#C[C@@](C)(C=C)OC(C)OCC. The van der Waals surface area contributed by atoms with Crippen LogP contribution in [0.15, 0.2) is 12.7 Å². The Bertz CT molecular complexity index is 181. The Morgan fingerprint density at radius 3 is 2.67 bits per heavy atom. The lowest BCUT2D eigenvalue weighted by molar-refractivity contribution is -0.161. The van der Waals surface area contributed by atoms with Gasteiger partial charge in [-0.1, -0.05) is 12.5 Å². The highest BCUT2D eigenvalue weighted by molar-refractivity contribution is 5.15. The summed E-state index contributed by atoms with van der Waals surface area (Å²) >= 11 is 0. The molecule has 12 heavy (non-hydrogen) atoms. The van der Waals surface area contributed by atoms with Crippen LogP contribution in [0.5, 0.6) is 0 Å². The Morgan fingerprint density at radius 2 is 2.33 bits per heavy atom. The van der Waals surface area contributed by atoms with E-state index in [1.807, 2.05) is 13.8 Å². The molecular weight excluding hydrogens is 152 g/mol. The Morgan fingerprint density at radius 1 is 1.75 bits per heavy atom. The summed E-state index contributed by atoms with van der Waals surface area (Å²) in [6, 6.07) is 0. The van der Waals surface area contributed by atoms with Crippen LogP contribution in [-0.2, 0) is 9.47 Å². The van der Waals surface area contributed by atoms with Crippen molar-refractivity contribution < 1.29 is 9.47 Å². The van der Waals surface area contributed by atoms with Crippen molar-refractivity contribution in [2.24, 2.45) is 0 Å². The normalized spacial score (nSPS) is 17.5. The molecule has 0 saturated heterocycles. The predicted octanol–water partition coefficient (Wildman–Crippen LogP) is 1.96. The topological polar surface area (TPSA) is 18.5 Å². The Labute approximate surface area is 74.6 Å². The number of rotatable bonds is 5. The Kier molecular flexibility index (Phi) is 4.65. The Hall–Kier alpha value is -0.780. The van der Waals surface area contributed by atoms with Crippen LogP contribution < -0.4 is 0 Å². The van der Waals surface area contributed by atoms with Crippen LogP contribution in [0.4, 0.5) is 0 Å². The van der Waals surface area contributed by atoms with Gasteiger partial charge in [0.2, 0.25) is 0 Å². The average molecular weight is 168 g/mol. The molecule has 0 heterocycles. The van der Waals surface area contributed by atoms with Gasteiger partial charge in [-0.2, -0.15) is 0 Å². The van der Waals surface area contributed by atoms with E-state index in [1.165, 1.54) is 0 Å². The summed E-state index contributed by atoms with van der Waals surface area (Å²) in [5.74, 6) is 2.50. The second-order valence-electron chi connectivity index (χ2n) is 2.60. The quantitative estimate of drug-likeness (QED) is 0.355. The van der Waals surface area contributed by atoms with E-state index >= 15 is 0 Å². The second-order valence-corrected chi connectivity index (χ2v) is 2.60. The third kappa shape index (κ3) is 3.56. The summed E-state index contributed by atoms with van der Waals surface area (Å²) < 4.78 is 10.6. The van der Waals surface area contributed by atoms with Gasteiger partial charge in [-0.15, -0.1) is 6.42 Å². The summed E-state index contributed by atoms with van der Waals surface area (Å²) in [4.78, 5) is 0. The molecule has 0 N–H and O–H groups in total. The molecule has 0 rings (SSSR count).